The van der Waals surface area contributed by atoms with Gasteiger partial charge in [-0.1, -0.05) is 17.7 Å². The van der Waals surface area contributed by atoms with E-state index in [2.05, 4.69) is 0 Å². The van der Waals surface area contributed by atoms with Crippen molar-refractivity contribution in [2.24, 2.45) is 0 Å². The number of hydrogen-bond acceptors (Lipinski definition) is 2. The maximum absolute atomic E-state index is 8.89. The Kier molecular flexibility index (Phi) is 3.40. The Balaban J connectivity index is 2.89. The molecular formula is C11H15ClO2. The van der Waals surface area contributed by atoms with Gasteiger partial charge in [0.05, 0.1) is 11.6 Å². The minimum Gasteiger partial charge on any atom is -0.487 e. The average molecular weight is 215 g/mol. The van der Waals surface area contributed by atoms with E-state index in [9.17, 15) is 0 Å². The fraction of sp³-hybridized carbons (Fsp3) is 0.455. The molecule has 14 heavy (non-hydrogen) atoms. The van der Waals surface area contributed by atoms with Crippen molar-refractivity contribution in [1.29, 1.82) is 0 Å². The SMILES string of the molecule is CC(C)(C)Oc1ccc(CO)cc1Cl. The van der Waals surface area contributed by atoms with Gasteiger partial charge in [0.1, 0.15) is 11.4 Å². The molecule has 0 amide bonds. The Morgan fingerprint density at radius 3 is 2.43 bits per heavy atom. The Hall–Kier alpha value is -0.730. The van der Waals surface area contributed by atoms with Gasteiger partial charge in [-0.2, -0.15) is 0 Å². The highest BCUT2D eigenvalue weighted by Crippen LogP contribution is 2.28. The van der Waals surface area contributed by atoms with Crippen LogP contribution in [0, 0.1) is 0 Å². The molecule has 0 aliphatic carbocycles. The highest BCUT2D eigenvalue weighted by Gasteiger charge is 2.13. The molecule has 1 aromatic rings. The molecule has 3 heteroatoms. The van der Waals surface area contributed by atoms with Crippen LogP contribution in [0.5, 0.6) is 5.75 Å². The summed E-state index contributed by atoms with van der Waals surface area (Å²) in [5, 5.41) is 9.42. The van der Waals surface area contributed by atoms with Gasteiger partial charge in [0.15, 0.2) is 0 Å². The minimum atomic E-state index is -0.260. The van der Waals surface area contributed by atoms with Crippen molar-refractivity contribution in [1.82, 2.24) is 0 Å². The molecule has 0 heterocycles. The number of hydrogen-bond donors (Lipinski definition) is 1. The third kappa shape index (κ3) is 3.20. The molecule has 2 nitrogen and oxygen atoms in total. The zero-order chi connectivity index (χ0) is 10.8. The smallest absolute Gasteiger partial charge is 0.138 e. The summed E-state index contributed by atoms with van der Waals surface area (Å²) in [6.07, 6.45) is 0. The van der Waals surface area contributed by atoms with E-state index in [1.807, 2.05) is 20.8 Å². The summed E-state index contributed by atoms with van der Waals surface area (Å²) in [6.45, 7) is 5.88. The Bertz CT molecular complexity index is 316. The lowest BCUT2D eigenvalue weighted by atomic mass is 10.2. The van der Waals surface area contributed by atoms with Crippen molar-refractivity contribution in [3.8, 4) is 5.75 Å². The largest absolute Gasteiger partial charge is 0.487 e. The van der Waals surface area contributed by atoms with Crippen LogP contribution in [0.1, 0.15) is 26.3 Å². The van der Waals surface area contributed by atoms with Crippen LogP contribution >= 0.6 is 11.6 Å². The van der Waals surface area contributed by atoms with E-state index in [1.165, 1.54) is 0 Å². The fourth-order valence-corrected chi connectivity index (χ4v) is 1.30. The third-order valence-electron chi connectivity index (χ3n) is 1.60. The zero-order valence-corrected chi connectivity index (χ0v) is 9.43. The molecule has 78 valence electrons. The van der Waals surface area contributed by atoms with Crippen LogP contribution in [-0.2, 0) is 6.61 Å². The highest BCUT2D eigenvalue weighted by atomic mass is 35.5. The first-order valence-corrected chi connectivity index (χ1v) is 4.88. The molecule has 0 spiro atoms. The van der Waals surface area contributed by atoms with Gasteiger partial charge in [0, 0.05) is 0 Å². The van der Waals surface area contributed by atoms with E-state index in [1.54, 1.807) is 18.2 Å². The summed E-state index contributed by atoms with van der Waals surface area (Å²) < 4.78 is 5.62. The molecule has 0 radical (unpaired) electrons. The predicted molar refractivity (Wildman–Crippen MR) is 57.8 cm³/mol. The summed E-state index contributed by atoms with van der Waals surface area (Å²) in [5.74, 6) is 0.649. The lowest BCUT2D eigenvalue weighted by Gasteiger charge is -2.22. The van der Waals surface area contributed by atoms with Crippen LogP contribution in [-0.4, -0.2) is 10.7 Å². The third-order valence-corrected chi connectivity index (χ3v) is 1.89. The van der Waals surface area contributed by atoms with Gasteiger partial charge in [0.2, 0.25) is 0 Å². The van der Waals surface area contributed by atoms with Crippen molar-refractivity contribution in [2.75, 3.05) is 0 Å². The first-order valence-electron chi connectivity index (χ1n) is 4.51. The van der Waals surface area contributed by atoms with Gasteiger partial charge >= 0.3 is 0 Å². The summed E-state index contributed by atoms with van der Waals surface area (Å²) in [4.78, 5) is 0. The Morgan fingerprint density at radius 1 is 1.36 bits per heavy atom. The van der Waals surface area contributed by atoms with Crippen LogP contribution in [0.15, 0.2) is 18.2 Å². The molecule has 1 aromatic carbocycles. The van der Waals surface area contributed by atoms with E-state index in [-0.39, 0.29) is 12.2 Å². The van der Waals surface area contributed by atoms with Gasteiger partial charge in [-0.3, -0.25) is 0 Å². The fourth-order valence-electron chi connectivity index (χ4n) is 1.06. The molecule has 0 bridgehead atoms. The highest BCUT2D eigenvalue weighted by molar-refractivity contribution is 6.32. The number of benzene rings is 1. The normalized spacial score (nSPS) is 11.5. The van der Waals surface area contributed by atoms with E-state index in [0.717, 1.165) is 5.56 Å². The molecule has 0 saturated carbocycles. The van der Waals surface area contributed by atoms with Crippen molar-refractivity contribution in [3.63, 3.8) is 0 Å². The average Bonchev–Trinajstić information content (AvgIpc) is 2.06. The molecule has 0 fully saturated rings. The monoisotopic (exact) mass is 214 g/mol. The Morgan fingerprint density at radius 2 is 2.00 bits per heavy atom. The summed E-state index contributed by atoms with van der Waals surface area (Å²) >= 11 is 5.98. The van der Waals surface area contributed by atoms with Gasteiger partial charge in [-0.15, -0.1) is 0 Å². The number of ether oxygens (including phenoxy) is 1. The zero-order valence-electron chi connectivity index (χ0n) is 8.67. The molecule has 0 aliphatic rings. The molecule has 1 N–H and O–H groups in total. The van der Waals surface area contributed by atoms with E-state index in [0.29, 0.717) is 10.8 Å². The standard InChI is InChI=1S/C11H15ClO2/c1-11(2,3)14-10-5-4-8(7-13)6-9(10)12/h4-6,13H,7H2,1-3H3. The van der Waals surface area contributed by atoms with Crippen LogP contribution in [0.3, 0.4) is 0 Å². The second-order valence-electron chi connectivity index (χ2n) is 4.14. The first kappa shape index (κ1) is 11.3. The predicted octanol–water partition coefficient (Wildman–Crippen LogP) is 3.01. The second-order valence-corrected chi connectivity index (χ2v) is 4.54. The van der Waals surface area contributed by atoms with Crippen molar-refractivity contribution in [2.45, 2.75) is 33.0 Å². The molecular weight excluding hydrogens is 200 g/mol. The number of aliphatic hydroxyl groups is 1. The van der Waals surface area contributed by atoms with Crippen molar-refractivity contribution >= 4 is 11.6 Å². The number of halogens is 1. The topological polar surface area (TPSA) is 29.5 Å². The van der Waals surface area contributed by atoms with Crippen molar-refractivity contribution < 1.29 is 9.84 Å². The molecule has 1 rings (SSSR count). The van der Waals surface area contributed by atoms with Gasteiger partial charge in [-0.05, 0) is 38.5 Å². The first-order chi connectivity index (χ1) is 6.42. The van der Waals surface area contributed by atoms with Gasteiger partial charge in [0.25, 0.3) is 0 Å². The quantitative estimate of drug-likeness (QED) is 0.820. The van der Waals surface area contributed by atoms with Crippen LogP contribution in [0.2, 0.25) is 5.02 Å². The minimum absolute atomic E-state index is 0.00445. The summed E-state index contributed by atoms with van der Waals surface area (Å²) in [6, 6.07) is 5.29. The molecule has 0 aromatic heterocycles. The Labute approximate surface area is 89.5 Å². The van der Waals surface area contributed by atoms with E-state index < -0.39 is 0 Å². The summed E-state index contributed by atoms with van der Waals surface area (Å²) in [7, 11) is 0. The van der Waals surface area contributed by atoms with E-state index >= 15 is 0 Å². The maximum atomic E-state index is 8.89. The number of aliphatic hydroxyl groups excluding tert-OH is 1. The molecule has 0 unspecified atom stereocenters. The maximum Gasteiger partial charge on any atom is 0.138 e. The molecule has 0 aliphatic heterocycles. The lowest BCUT2D eigenvalue weighted by molar-refractivity contribution is 0.131. The van der Waals surface area contributed by atoms with Crippen LogP contribution in [0.4, 0.5) is 0 Å². The van der Waals surface area contributed by atoms with Crippen LogP contribution in [0.25, 0.3) is 0 Å². The van der Waals surface area contributed by atoms with Gasteiger partial charge in [-0.25, -0.2) is 0 Å². The summed E-state index contributed by atoms with van der Waals surface area (Å²) in [5.41, 5.74) is 0.529. The van der Waals surface area contributed by atoms with E-state index in [4.69, 9.17) is 21.4 Å². The van der Waals surface area contributed by atoms with Gasteiger partial charge < -0.3 is 9.84 Å². The molecule has 0 saturated heterocycles. The number of rotatable bonds is 2. The van der Waals surface area contributed by atoms with Crippen LogP contribution < -0.4 is 4.74 Å². The van der Waals surface area contributed by atoms with Crippen molar-refractivity contribution in [3.05, 3.63) is 28.8 Å². The molecule has 0 atom stereocenters. The lowest BCUT2D eigenvalue weighted by Crippen LogP contribution is -2.23. The second kappa shape index (κ2) is 4.20.